The quantitative estimate of drug-likeness (QED) is 0.0321. The largest absolute Gasteiger partial charge is 0.466 e. The molecule has 0 spiro atoms. The van der Waals surface area contributed by atoms with Crippen molar-refractivity contribution in [3.05, 3.63) is 12.2 Å². The van der Waals surface area contributed by atoms with Crippen LogP contribution in [0.5, 0.6) is 0 Å². The molecule has 0 aromatic rings. The van der Waals surface area contributed by atoms with Crippen LogP contribution in [0.25, 0.3) is 0 Å². The first kappa shape index (κ1) is 65.6. The van der Waals surface area contributed by atoms with Crippen LogP contribution >= 0.6 is 0 Å². The van der Waals surface area contributed by atoms with Gasteiger partial charge in [0.25, 0.3) is 0 Å². The number of aliphatic hydroxyl groups excluding tert-OH is 2. The van der Waals surface area contributed by atoms with Crippen LogP contribution in [0.1, 0.15) is 341 Å². The van der Waals surface area contributed by atoms with Gasteiger partial charge >= 0.3 is 5.97 Å². The Kier molecular flexibility index (Phi) is 56.0. The summed E-state index contributed by atoms with van der Waals surface area (Å²) in [7, 11) is 0. The zero-order chi connectivity index (χ0) is 48.6. The summed E-state index contributed by atoms with van der Waals surface area (Å²) in [6.07, 6.45) is 68.2. The summed E-state index contributed by atoms with van der Waals surface area (Å²) >= 11 is 0. The molecule has 3 N–H and O–H groups in total. The van der Waals surface area contributed by atoms with E-state index in [2.05, 4.69) is 19.2 Å². The first-order valence-corrected chi connectivity index (χ1v) is 30.5. The van der Waals surface area contributed by atoms with Gasteiger partial charge in [-0.2, -0.15) is 0 Å². The lowest BCUT2D eigenvalue weighted by molar-refractivity contribution is -0.143. The summed E-state index contributed by atoms with van der Waals surface area (Å²) in [6, 6.07) is -0.627. The lowest BCUT2D eigenvalue weighted by Gasteiger charge is -2.20. The SMILES string of the molecule is CCCCCCCCCCC/C=C/C(O)C(CO)NC(=O)CCCCCCCCCCCCCCCCCCCCCCOC(=O)CCCCCCCCCCCCCCCCCCCCC. The van der Waals surface area contributed by atoms with Crippen molar-refractivity contribution < 1.29 is 24.5 Å². The lowest BCUT2D eigenvalue weighted by atomic mass is 10.0. The fourth-order valence-corrected chi connectivity index (χ4v) is 9.64. The molecule has 0 aromatic heterocycles. The first-order valence-electron chi connectivity index (χ1n) is 30.5. The molecular formula is C61H119NO5. The van der Waals surface area contributed by atoms with Crippen LogP contribution in [0, 0.1) is 0 Å². The number of esters is 1. The van der Waals surface area contributed by atoms with Gasteiger partial charge in [0.15, 0.2) is 0 Å². The minimum absolute atomic E-state index is 0.0151. The number of aliphatic hydroxyl groups is 2. The molecule has 0 rings (SSSR count). The minimum Gasteiger partial charge on any atom is -0.466 e. The average molecular weight is 947 g/mol. The van der Waals surface area contributed by atoms with E-state index in [1.54, 1.807) is 6.08 Å². The van der Waals surface area contributed by atoms with Crippen molar-refractivity contribution in [2.45, 2.75) is 353 Å². The number of unbranched alkanes of at least 4 members (excludes halogenated alkanes) is 46. The van der Waals surface area contributed by atoms with Crippen molar-refractivity contribution >= 4 is 11.9 Å². The van der Waals surface area contributed by atoms with E-state index in [9.17, 15) is 19.8 Å². The molecule has 67 heavy (non-hydrogen) atoms. The number of allylic oxidation sites excluding steroid dienone is 1. The number of rotatable bonds is 57. The van der Waals surface area contributed by atoms with Crippen LogP contribution in [-0.4, -0.2) is 47.4 Å². The Morgan fingerprint density at radius 1 is 0.403 bits per heavy atom. The van der Waals surface area contributed by atoms with Crippen LogP contribution < -0.4 is 5.32 Å². The molecule has 6 heteroatoms. The van der Waals surface area contributed by atoms with Crippen molar-refractivity contribution in [1.82, 2.24) is 5.32 Å². The third-order valence-corrected chi connectivity index (χ3v) is 14.3. The van der Waals surface area contributed by atoms with Crippen molar-refractivity contribution in [3.8, 4) is 0 Å². The number of ether oxygens (including phenoxy) is 1. The Balaban J connectivity index is 3.35. The second kappa shape index (κ2) is 57.2. The highest BCUT2D eigenvalue weighted by Gasteiger charge is 2.18. The van der Waals surface area contributed by atoms with E-state index in [-0.39, 0.29) is 18.5 Å². The summed E-state index contributed by atoms with van der Waals surface area (Å²) in [5.41, 5.74) is 0. The Labute approximate surface area is 419 Å². The molecule has 1 amide bonds. The molecule has 0 heterocycles. The van der Waals surface area contributed by atoms with Crippen molar-refractivity contribution in [2.24, 2.45) is 0 Å². The highest BCUT2D eigenvalue weighted by molar-refractivity contribution is 5.76. The number of carbonyl (C=O) groups is 2. The number of amides is 1. The van der Waals surface area contributed by atoms with E-state index in [0.29, 0.717) is 19.4 Å². The van der Waals surface area contributed by atoms with Crippen LogP contribution in [0.3, 0.4) is 0 Å². The van der Waals surface area contributed by atoms with Crippen LogP contribution in [0.2, 0.25) is 0 Å². The second-order valence-corrected chi connectivity index (χ2v) is 21.0. The first-order chi connectivity index (χ1) is 33.0. The molecule has 0 saturated heterocycles. The van der Waals surface area contributed by atoms with Crippen molar-refractivity contribution in [2.75, 3.05) is 13.2 Å². The summed E-state index contributed by atoms with van der Waals surface area (Å²) in [5, 5.41) is 23.0. The van der Waals surface area contributed by atoms with Gasteiger partial charge < -0.3 is 20.3 Å². The zero-order valence-electron chi connectivity index (χ0n) is 45.4. The fraction of sp³-hybridized carbons (Fsp3) is 0.934. The summed E-state index contributed by atoms with van der Waals surface area (Å²) < 4.78 is 5.50. The maximum atomic E-state index is 12.4. The third-order valence-electron chi connectivity index (χ3n) is 14.3. The Bertz CT molecular complexity index is 1000. The predicted molar refractivity (Wildman–Crippen MR) is 292 cm³/mol. The Hall–Kier alpha value is -1.40. The molecule has 0 aliphatic heterocycles. The van der Waals surface area contributed by atoms with Crippen LogP contribution in [0.4, 0.5) is 0 Å². The van der Waals surface area contributed by atoms with E-state index < -0.39 is 12.1 Å². The van der Waals surface area contributed by atoms with E-state index in [1.165, 1.54) is 276 Å². The third kappa shape index (κ3) is 53.8. The highest BCUT2D eigenvalue weighted by atomic mass is 16.5. The average Bonchev–Trinajstić information content (AvgIpc) is 3.33. The fourth-order valence-electron chi connectivity index (χ4n) is 9.64. The van der Waals surface area contributed by atoms with Gasteiger partial charge in [-0.15, -0.1) is 0 Å². The van der Waals surface area contributed by atoms with Gasteiger partial charge in [-0.1, -0.05) is 309 Å². The normalized spacial score (nSPS) is 12.6. The Morgan fingerprint density at radius 2 is 0.687 bits per heavy atom. The van der Waals surface area contributed by atoms with E-state index in [4.69, 9.17) is 4.74 Å². The molecule has 0 aliphatic rings. The second-order valence-electron chi connectivity index (χ2n) is 21.0. The van der Waals surface area contributed by atoms with Gasteiger partial charge in [0, 0.05) is 12.8 Å². The lowest BCUT2D eigenvalue weighted by Crippen LogP contribution is -2.45. The topological polar surface area (TPSA) is 95.9 Å². The number of carbonyl (C=O) groups excluding carboxylic acids is 2. The summed E-state index contributed by atoms with van der Waals surface area (Å²) in [6.45, 7) is 4.91. The summed E-state index contributed by atoms with van der Waals surface area (Å²) in [4.78, 5) is 24.5. The standard InChI is InChI=1S/C61H119NO5/c1-3-5-7-9-11-13-15-16-17-18-21-25-28-31-35-39-43-47-51-55-61(66)67-56-52-48-44-40-36-32-29-26-23-20-19-22-24-27-30-34-38-42-46-50-54-60(65)62-58(57-63)59(64)53-49-45-41-37-33-14-12-10-8-6-4-2/h49,53,58-59,63-64H,3-48,50-52,54-57H2,1-2H3,(H,62,65)/b53-49+. The highest BCUT2D eigenvalue weighted by Crippen LogP contribution is 2.18. The van der Waals surface area contributed by atoms with Crippen LogP contribution in [-0.2, 0) is 14.3 Å². The molecule has 0 bridgehead atoms. The van der Waals surface area contributed by atoms with Gasteiger partial charge in [0.05, 0.1) is 25.4 Å². The van der Waals surface area contributed by atoms with E-state index in [1.807, 2.05) is 6.08 Å². The Morgan fingerprint density at radius 3 is 1.01 bits per heavy atom. The van der Waals surface area contributed by atoms with Crippen molar-refractivity contribution in [3.63, 3.8) is 0 Å². The maximum Gasteiger partial charge on any atom is 0.305 e. The van der Waals surface area contributed by atoms with Gasteiger partial charge in [0.2, 0.25) is 5.91 Å². The summed E-state index contributed by atoms with van der Waals surface area (Å²) in [5.74, 6) is -0.0545. The number of hydrogen-bond donors (Lipinski definition) is 3. The predicted octanol–water partition coefficient (Wildman–Crippen LogP) is 18.9. The van der Waals surface area contributed by atoms with Gasteiger partial charge in [0.1, 0.15) is 0 Å². The zero-order valence-corrected chi connectivity index (χ0v) is 45.4. The molecule has 2 atom stereocenters. The molecule has 6 nitrogen and oxygen atoms in total. The molecule has 398 valence electrons. The molecule has 0 saturated carbocycles. The number of nitrogens with one attached hydrogen (secondary N) is 1. The van der Waals surface area contributed by atoms with Gasteiger partial charge in [-0.3, -0.25) is 9.59 Å². The molecule has 2 unspecified atom stereocenters. The van der Waals surface area contributed by atoms with E-state index in [0.717, 1.165) is 38.5 Å². The monoisotopic (exact) mass is 946 g/mol. The van der Waals surface area contributed by atoms with Crippen LogP contribution in [0.15, 0.2) is 12.2 Å². The molecular weight excluding hydrogens is 827 g/mol. The maximum absolute atomic E-state index is 12.4. The minimum atomic E-state index is -0.843. The molecule has 0 aliphatic carbocycles. The smallest absolute Gasteiger partial charge is 0.305 e. The van der Waals surface area contributed by atoms with Gasteiger partial charge in [-0.25, -0.2) is 0 Å². The molecule has 0 fully saturated rings. The van der Waals surface area contributed by atoms with Gasteiger partial charge in [-0.05, 0) is 32.1 Å². The van der Waals surface area contributed by atoms with E-state index >= 15 is 0 Å². The van der Waals surface area contributed by atoms with Crippen molar-refractivity contribution in [1.29, 1.82) is 0 Å². The molecule has 0 aromatic carbocycles. The number of hydrogen-bond acceptors (Lipinski definition) is 5. The molecule has 0 radical (unpaired) electrons.